The summed E-state index contributed by atoms with van der Waals surface area (Å²) in [7, 11) is 0. The van der Waals surface area contributed by atoms with Crippen molar-refractivity contribution in [3.05, 3.63) is 34.4 Å². The molecule has 6 nitrogen and oxygen atoms in total. The summed E-state index contributed by atoms with van der Waals surface area (Å²) in [6.45, 7) is 6.73. The number of hydrogen-bond donors (Lipinski definition) is 1. The Morgan fingerprint density at radius 3 is 2.67 bits per heavy atom. The highest BCUT2D eigenvalue weighted by Crippen LogP contribution is 2.20. The van der Waals surface area contributed by atoms with Gasteiger partial charge >= 0.3 is 5.97 Å². The highest BCUT2D eigenvalue weighted by molar-refractivity contribution is 5.80. The van der Waals surface area contributed by atoms with Crippen molar-refractivity contribution in [2.75, 3.05) is 0 Å². The first kappa shape index (κ1) is 15.0. The molecule has 0 aliphatic rings. The molecule has 0 amide bonds. The molecule has 112 valence electrons. The number of hydrogen-bond acceptors (Lipinski definition) is 5. The molecule has 1 N–H and O–H groups in total. The lowest BCUT2D eigenvalue weighted by molar-refractivity contribution is -0.157. The third-order valence-corrected chi connectivity index (χ3v) is 3.09. The normalized spacial score (nSPS) is 11.6. The van der Waals surface area contributed by atoms with E-state index in [9.17, 15) is 14.7 Å². The fourth-order valence-corrected chi connectivity index (χ4v) is 1.74. The number of esters is 1. The van der Waals surface area contributed by atoms with E-state index in [2.05, 4.69) is 4.98 Å². The molecule has 0 bridgehead atoms. The third kappa shape index (κ3) is 3.04. The lowest BCUT2D eigenvalue weighted by Crippen LogP contribution is -2.28. The molecule has 0 radical (unpaired) electrons. The van der Waals surface area contributed by atoms with Gasteiger partial charge in [0.2, 0.25) is 0 Å². The van der Waals surface area contributed by atoms with Crippen LogP contribution < -0.4 is 5.56 Å². The molecule has 0 unspecified atom stereocenters. The quantitative estimate of drug-likeness (QED) is 0.855. The largest absolute Gasteiger partial charge is 0.508 e. The van der Waals surface area contributed by atoms with Crippen LogP contribution in [0.5, 0.6) is 5.75 Å². The van der Waals surface area contributed by atoms with Gasteiger partial charge in [-0.1, -0.05) is 0 Å². The molecule has 2 aromatic rings. The van der Waals surface area contributed by atoms with Crippen LogP contribution >= 0.6 is 0 Å². The number of rotatable bonds is 2. The first-order valence-electron chi connectivity index (χ1n) is 6.56. The molecule has 1 aromatic heterocycles. The van der Waals surface area contributed by atoms with E-state index < -0.39 is 11.4 Å². The average molecular weight is 290 g/mol. The molecule has 0 saturated carbocycles. The summed E-state index contributed by atoms with van der Waals surface area (Å²) in [6.07, 6.45) is 1.30. The zero-order chi connectivity index (χ0) is 15.8. The van der Waals surface area contributed by atoms with E-state index in [1.165, 1.54) is 17.0 Å². The summed E-state index contributed by atoms with van der Waals surface area (Å²) in [5, 5.41) is 10.00. The first-order valence-corrected chi connectivity index (χ1v) is 6.56. The van der Waals surface area contributed by atoms with E-state index >= 15 is 0 Å². The minimum atomic E-state index is -0.629. The minimum absolute atomic E-state index is 0.0892. The number of carbonyl (C=O) groups excluding carboxylic acids is 1. The predicted octanol–water partition coefficient (Wildman–Crippen LogP) is 1.96. The number of phenolic OH excluding ortho intramolecular Hbond substituents is 1. The molecular formula is C15H18N2O4. The van der Waals surface area contributed by atoms with Crippen LogP contribution in [0.2, 0.25) is 0 Å². The smallest absolute Gasteiger partial charge is 0.312 e. The van der Waals surface area contributed by atoms with Crippen molar-refractivity contribution in [3.8, 4) is 5.75 Å². The van der Waals surface area contributed by atoms with E-state index in [1.54, 1.807) is 33.8 Å². The van der Waals surface area contributed by atoms with Crippen LogP contribution in [0.1, 0.15) is 26.3 Å². The number of benzene rings is 1. The molecule has 0 aliphatic carbocycles. The Labute approximate surface area is 122 Å². The van der Waals surface area contributed by atoms with Gasteiger partial charge in [-0.25, -0.2) is 4.98 Å². The van der Waals surface area contributed by atoms with Crippen LogP contribution in [0.25, 0.3) is 10.9 Å². The molecule has 6 heteroatoms. The van der Waals surface area contributed by atoms with Gasteiger partial charge in [-0.2, -0.15) is 0 Å². The van der Waals surface area contributed by atoms with Crippen LogP contribution in [0.3, 0.4) is 0 Å². The molecule has 0 spiro atoms. The van der Waals surface area contributed by atoms with Gasteiger partial charge in [0, 0.05) is 6.07 Å². The number of aryl methyl sites for hydroxylation is 1. The van der Waals surface area contributed by atoms with Crippen molar-refractivity contribution in [1.82, 2.24) is 9.55 Å². The Hall–Kier alpha value is -2.37. The van der Waals surface area contributed by atoms with Gasteiger partial charge in [-0.05, 0) is 39.3 Å². The van der Waals surface area contributed by atoms with E-state index in [0.29, 0.717) is 16.5 Å². The SMILES string of the molecule is Cc1cc2c(=O)n(COC(=O)C(C)(C)C)cnc2cc1O. The highest BCUT2D eigenvalue weighted by atomic mass is 16.5. The number of phenols is 1. The second-order valence-electron chi connectivity index (χ2n) is 5.99. The summed E-state index contributed by atoms with van der Waals surface area (Å²) < 4.78 is 6.34. The van der Waals surface area contributed by atoms with Crippen molar-refractivity contribution in [1.29, 1.82) is 0 Å². The van der Waals surface area contributed by atoms with Gasteiger partial charge in [0.1, 0.15) is 12.1 Å². The summed E-state index contributed by atoms with van der Waals surface area (Å²) >= 11 is 0. The molecular weight excluding hydrogens is 272 g/mol. The monoisotopic (exact) mass is 290 g/mol. The zero-order valence-electron chi connectivity index (χ0n) is 12.5. The molecule has 0 atom stereocenters. The third-order valence-electron chi connectivity index (χ3n) is 3.09. The number of ether oxygens (including phenoxy) is 1. The number of nitrogens with zero attached hydrogens (tertiary/aromatic N) is 2. The Kier molecular flexibility index (Phi) is 3.72. The van der Waals surface area contributed by atoms with Crippen molar-refractivity contribution in [3.63, 3.8) is 0 Å². The Bertz CT molecular complexity index is 757. The average Bonchev–Trinajstić information content (AvgIpc) is 2.39. The topological polar surface area (TPSA) is 81.4 Å². The van der Waals surface area contributed by atoms with E-state index in [4.69, 9.17) is 4.74 Å². The number of aromatic hydroxyl groups is 1. The Morgan fingerprint density at radius 1 is 1.38 bits per heavy atom. The predicted molar refractivity (Wildman–Crippen MR) is 78.0 cm³/mol. The van der Waals surface area contributed by atoms with Gasteiger partial charge in [-0.15, -0.1) is 0 Å². The molecule has 0 aliphatic heterocycles. The summed E-state index contributed by atoms with van der Waals surface area (Å²) in [4.78, 5) is 28.1. The summed E-state index contributed by atoms with van der Waals surface area (Å²) in [5.74, 6) is -0.303. The van der Waals surface area contributed by atoms with Crippen LogP contribution in [0.4, 0.5) is 0 Å². The van der Waals surface area contributed by atoms with Crippen LogP contribution in [-0.2, 0) is 16.3 Å². The Balaban J connectivity index is 2.35. The van der Waals surface area contributed by atoms with Crippen LogP contribution in [0.15, 0.2) is 23.3 Å². The van der Waals surface area contributed by atoms with E-state index in [1.807, 2.05) is 0 Å². The van der Waals surface area contributed by atoms with Gasteiger partial charge in [0.05, 0.1) is 16.3 Å². The second-order valence-corrected chi connectivity index (χ2v) is 5.99. The molecule has 1 heterocycles. The van der Waals surface area contributed by atoms with E-state index in [0.717, 1.165) is 0 Å². The molecule has 21 heavy (non-hydrogen) atoms. The summed E-state index contributed by atoms with van der Waals surface area (Å²) in [6, 6.07) is 3.01. The first-order chi connectivity index (χ1) is 9.70. The maximum atomic E-state index is 12.3. The summed E-state index contributed by atoms with van der Waals surface area (Å²) in [5.41, 5.74) is 0.0492. The maximum Gasteiger partial charge on any atom is 0.312 e. The lowest BCUT2D eigenvalue weighted by Gasteiger charge is -2.17. The van der Waals surface area contributed by atoms with Crippen molar-refractivity contribution in [2.45, 2.75) is 34.4 Å². The van der Waals surface area contributed by atoms with Crippen molar-refractivity contribution >= 4 is 16.9 Å². The number of aromatic nitrogens is 2. The van der Waals surface area contributed by atoms with Crippen LogP contribution in [-0.4, -0.2) is 20.6 Å². The van der Waals surface area contributed by atoms with Gasteiger partial charge in [-0.3, -0.25) is 14.2 Å². The van der Waals surface area contributed by atoms with Gasteiger partial charge in [0.15, 0.2) is 6.73 Å². The van der Waals surface area contributed by atoms with Crippen LogP contribution in [0, 0.1) is 12.3 Å². The molecule has 1 aromatic carbocycles. The second kappa shape index (κ2) is 5.20. The van der Waals surface area contributed by atoms with Crippen molar-refractivity contribution < 1.29 is 14.6 Å². The molecule has 0 saturated heterocycles. The fraction of sp³-hybridized carbons (Fsp3) is 0.400. The fourth-order valence-electron chi connectivity index (χ4n) is 1.74. The minimum Gasteiger partial charge on any atom is -0.508 e. The standard InChI is InChI=1S/C15H18N2O4/c1-9-5-10-11(6-12(9)18)16-7-17(13(10)19)8-21-14(20)15(2,3)4/h5-7,18H,8H2,1-4H3. The highest BCUT2D eigenvalue weighted by Gasteiger charge is 2.23. The van der Waals surface area contributed by atoms with Gasteiger partial charge < -0.3 is 9.84 Å². The van der Waals surface area contributed by atoms with Gasteiger partial charge in [0.25, 0.3) is 5.56 Å². The molecule has 2 rings (SSSR count). The van der Waals surface area contributed by atoms with Crippen molar-refractivity contribution in [2.24, 2.45) is 5.41 Å². The lowest BCUT2D eigenvalue weighted by atomic mass is 9.98. The maximum absolute atomic E-state index is 12.3. The molecule has 0 fully saturated rings. The number of fused-ring (bicyclic) bond motifs is 1. The Morgan fingerprint density at radius 2 is 2.05 bits per heavy atom. The van der Waals surface area contributed by atoms with E-state index in [-0.39, 0.29) is 18.0 Å². The zero-order valence-corrected chi connectivity index (χ0v) is 12.5. The number of carbonyl (C=O) groups is 1.